The molecule has 1 aromatic carbocycles. The van der Waals surface area contributed by atoms with E-state index < -0.39 is 0 Å². The summed E-state index contributed by atoms with van der Waals surface area (Å²) in [4.78, 5) is 0. The Kier molecular flexibility index (Phi) is 2.55. The second-order valence-electron chi connectivity index (χ2n) is 3.04. The van der Waals surface area contributed by atoms with Gasteiger partial charge in [0.25, 0.3) is 0 Å². The van der Waals surface area contributed by atoms with Crippen LogP contribution in [-0.4, -0.2) is 22.5 Å². The lowest BCUT2D eigenvalue weighted by atomic mass is 10.1. The van der Waals surface area contributed by atoms with E-state index in [1.807, 2.05) is 25.2 Å². The summed E-state index contributed by atoms with van der Waals surface area (Å²) in [5.74, 6) is 0. The molecular weight excluding hydrogens is 176 g/mol. The number of hydrogen-bond acceptors (Lipinski definition) is 3. The first-order chi connectivity index (χ1) is 6.92. The summed E-state index contributed by atoms with van der Waals surface area (Å²) in [6.07, 6.45) is 1.73. The number of nitrogens with one attached hydrogen (secondary N) is 2. The molecule has 2 aromatic rings. The second kappa shape index (κ2) is 4.02. The fraction of sp³-hybridized carbons (Fsp3) is 0.200. The number of aromatic amines is 1. The van der Waals surface area contributed by atoms with Crippen LogP contribution in [0.4, 0.5) is 0 Å². The predicted octanol–water partition coefficient (Wildman–Crippen LogP) is 1.19. The van der Waals surface area contributed by atoms with Gasteiger partial charge in [0.2, 0.25) is 0 Å². The van der Waals surface area contributed by atoms with Gasteiger partial charge in [0, 0.05) is 12.1 Å². The van der Waals surface area contributed by atoms with Crippen molar-refractivity contribution < 1.29 is 0 Å². The smallest absolute Gasteiger partial charge is 0.113 e. The van der Waals surface area contributed by atoms with Crippen molar-refractivity contribution >= 4 is 0 Å². The van der Waals surface area contributed by atoms with Gasteiger partial charge in [-0.25, -0.2) is 0 Å². The third-order valence-electron chi connectivity index (χ3n) is 2.08. The van der Waals surface area contributed by atoms with E-state index in [1.165, 1.54) is 5.56 Å². The van der Waals surface area contributed by atoms with Crippen LogP contribution in [0.25, 0.3) is 11.3 Å². The molecule has 0 amide bonds. The molecule has 0 aliphatic heterocycles. The lowest BCUT2D eigenvalue weighted by molar-refractivity contribution is 0.818. The van der Waals surface area contributed by atoms with E-state index in [4.69, 9.17) is 0 Å². The highest BCUT2D eigenvalue weighted by Gasteiger charge is 2.05. The quantitative estimate of drug-likeness (QED) is 0.760. The third-order valence-corrected chi connectivity index (χ3v) is 2.08. The van der Waals surface area contributed by atoms with Gasteiger partial charge in [-0.3, -0.25) is 0 Å². The molecule has 0 atom stereocenters. The van der Waals surface area contributed by atoms with E-state index >= 15 is 0 Å². The minimum absolute atomic E-state index is 0.836. The molecule has 2 N–H and O–H groups in total. The van der Waals surface area contributed by atoms with Crippen LogP contribution in [0.1, 0.15) is 5.56 Å². The Labute approximate surface area is 82.4 Å². The minimum atomic E-state index is 0.836. The van der Waals surface area contributed by atoms with Crippen molar-refractivity contribution in [2.45, 2.75) is 6.54 Å². The molecule has 4 nitrogen and oxygen atoms in total. The molecule has 0 fully saturated rings. The molecular formula is C10H12N4. The van der Waals surface area contributed by atoms with Crippen molar-refractivity contribution in [2.75, 3.05) is 7.05 Å². The molecule has 0 saturated heterocycles. The zero-order valence-electron chi connectivity index (χ0n) is 7.99. The normalized spacial score (nSPS) is 10.4. The summed E-state index contributed by atoms with van der Waals surface area (Å²) in [6, 6.07) is 8.16. The number of benzene rings is 1. The van der Waals surface area contributed by atoms with Gasteiger partial charge in [-0.1, -0.05) is 24.3 Å². The van der Waals surface area contributed by atoms with Gasteiger partial charge < -0.3 is 5.32 Å². The van der Waals surface area contributed by atoms with Crippen molar-refractivity contribution in [1.82, 2.24) is 20.7 Å². The van der Waals surface area contributed by atoms with Crippen molar-refractivity contribution in [3.63, 3.8) is 0 Å². The number of hydrogen-bond donors (Lipinski definition) is 2. The van der Waals surface area contributed by atoms with Crippen LogP contribution in [0.2, 0.25) is 0 Å². The Bertz CT molecular complexity index is 394. The van der Waals surface area contributed by atoms with Gasteiger partial charge in [-0.2, -0.15) is 15.4 Å². The van der Waals surface area contributed by atoms with Gasteiger partial charge in [0.1, 0.15) is 5.69 Å². The summed E-state index contributed by atoms with van der Waals surface area (Å²) in [7, 11) is 1.93. The van der Waals surface area contributed by atoms with Crippen LogP contribution in [-0.2, 0) is 6.54 Å². The molecule has 0 unspecified atom stereocenters. The monoisotopic (exact) mass is 188 g/mol. The standard InChI is InChI=1S/C10H12N4/c1-11-6-8-4-2-3-5-9(8)10-7-12-14-13-10/h2-5,7,11H,6H2,1H3,(H,12,13,14). The molecule has 14 heavy (non-hydrogen) atoms. The van der Waals surface area contributed by atoms with Crippen LogP contribution in [0.15, 0.2) is 30.5 Å². The molecule has 0 bridgehead atoms. The minimum Gasteiger partial charge on any atom is -0.316 e. The van der Waals surface area contributed by atoms with Crippen LogP contribution >= 0.6 is 0 Å². The van der Waals surface area contributed by atoms with Gasteiger partial charge in [0.15, 0.2) is 0 Å². The third kappa shape index (κ3) is 1.65. The number of nitrogens with zero attached hydrogens (tertiary/aromatic N) is 2. The zero-order valence-corrected chi connectivity index (χ0v) is 7.99. The van der Waals surface area contributed by atoms with Crippen molar-refractivity contribution in [1.29, 1.82) is 0 Å². The average molecular weight is 188 g/mol. The van der Waals surface area contributed by atoms with Gasteiger partial charge >= 0.3 is 0 Å². The summed E-state index contributed by atoms with van der Waals surface area (Å²) in [6.45, 7) is 0.836. The van der Waals surface area contributed by atoms with Crippen LogP contribution in [0.3, 0.4) is 0 Å². The largest absolute Gasteiger partial charge is 0.316 e. The molecule has 0 aliphatic rings. The number of H-pyrrole nitrogens is 1. The molecule has 4 heteroatoms. The van der Waals surface area contributed by atoms with Gasteiger partial charge in [-0.05, 0) is 12.6 Å². The van der Waals surface area contributed by atoms with E-state index in [2.05, 4.69) is 26.8 Å². The lowest BCUT2D eigenvalue weighted by Crippen LogP contribution is -2.06. The highest BCUT2D eigenvalue weighted by atomic mass is 15.3. The van der Waals surface area contributed by atoms with E-state index in [1.54, 1.807) is 6.20 Å². The highest BCUT2D eigenvalue weighted by Crippen LogP contribution is 2.19. The summed E-state index contributed by atoms with van der Waals surface area (Å²) >= 11 is 0. The summed E-state index contributed by atoms with van der Waals surface area (Å²) in [5, 5.41) is 13.6. The number of aromatic nitrogens is 3. The molecule has 0 radical (unpaired) electrons. The first-order valence-electron chi connectivity index (χ1n) is 4.50. The molecule has 1 heterocycles. The SMILES string of the molecule is CNCc1ccccc1-c1cn[nH]n1. The Balaban J connectivity index is 2.42. The molecule has 1 aromatic heterocycles. The topological polar surface area (TPSA) is 53.6 Å². The fourth-order valence-corrected chi connectivity index (χ4v) is 1.45. The van der Waals surface area contributed by atoms with E-state index in [-0.39, 0.29) is 0 Å². The maximum Gasteiger partial charge on any atom is 0.113 e. The van der Waals surface area contributed by atoms with Crippen LogP contribution in [0, 0.1) is 0 Å². The van der Waals surface area contributed by atoms with Crippen molar-refractivity contribution in [3.8, 4) is 11.3 Å². The first kappa shape index (κ1) is 8.90. The summed E-state index contributed by atoms with van der Waals surface area (Å²) in [5.41, 5.74) is 3.23. The first-order valence-corrected chi connectivity index (χ1v) is 4.50. The summed E-state index contributed by atoms with van der Waals surface area (Å²) < 4.78 is 0. The highest BCUT2D eigenvalue weighted by molar-refractivity contribution is 5.62. The Hall–Kier alpha value is -1.68. The van der Waals surface area contributed by atoms with Crippen molar-refractivity contribution in [3.05, 3.63) is 36.0 Å². The maximum atomic E-state index is 4.07. The Morgan fingerprint density at radius 3 is 2.93 bits per heavy atom. The molecule has 0 spiro atoms. The van der Waals surface area contributed by atoms with E-state index in [9.17, 15) is 0 Å². The van der Waals surface area contributed by atoms with E-state index in [0.717, 1.165) is 17.8 Å². The predicted molar refractivity (Wildman–Crippen MR) is 54.6 cm³/mol. The molecule has 0 saturated carbocycles. The van der Waals surface area contributed by atoms with Gasteiger partial charge in [-0.15, -0.1) is 0 Å². The maximum absolute atomic E-state index is 4.07. The molecule has 0 aliphatic carbocycles. The van der Waals surface area contributed by atoms with Crippen molar-refractivity contribution in [2.24, 2.45) is 0 Å². The lowest BCUT2D eigenvalue weighted by Gasteiger charge is -2.05. The van der Waals surface area contributed by atoms with Crippen LogP contribution < -0.4 is 5.32 Å². The van der Waals surface area contributed by atoms with Crippen LogP contribution in [0.5, 0.6) is 0 Å². The van der Waals surface area contributed by atoms with Gasteiger partial charge in [0.05, 0.1) is 6.20 Å². The average Bonchev–Trinajstić information content (AvgIpc) is 2.72. The number of rotatable bonds is 3. The molecule has 72 valence electrons. The Morgan fingerprint density at radius 1 is 1.36 bits per heavy atom. The Morgan fingerprint density at radius 2 is 2.21 bits per heavy atom. The fourth-order valence-electron chi connectivity index (χ4n) is 1.45. The van der Waals surface area contributed by atoms with E-state index in [0.29, 0.717) is 0 Å². The second-order valence-corrected chi connectivity index (χ2v) is 3.04. The zero-order chi connectivity index (χ0) is 9.80. The molecule has 2 rings (SSSR count).